The number of halogens is 1. The van der Waals surface area contributed by atoms with Gasteiger partial charge in [-0.1, -0.05) is 11.6 Å². The molecule has 0 aliphatic heterocycles. The lowest BCUT2D eigenvalue weighted by Gasteiger charge is -2.03. The van der Waals surface area contributed by atoms with Gasteiger partial charge in [-0.25, -0.2) is 9.48 Å². The molecule has 1 heterocycles. The SMILES string of the molecule is Cc1nn(-c2cc(Cl)ccc2C#N)cc1C(=O)O. The van der Waals surface area contributed by atoms with Crippen molar-refractivity contribution in [3.63, 3.8) is 0 Å². The third kappa shape index (κ3) is 2.06. The Kier molecular flexibility index (Phi) is 3.04. The van der Waals surface area contributed by atoms with Crippen molar-refractivity contribution in [1.82, 2.24) is 9.78 Å². The van der Waals surface area contributed by atoms with Crippen LogP contribution in [-0.4, -0.2) is 20.9 Å². The van der Waals surface area contributed by atoms with E-state index in [4.69, 9.17) is 22.0 Å². The minimum atomic E-state index is -1.06. The van der Waals surface area contributed by atoms with Crippen LogP contribution in [-0.2, 0) is 0 Å². The molecule has 0 aliphatic carbocycles. The lowest BCUT2D eigenvalue weighted by molar-refractivity contribution is 0.0696. The minimum Gasteiger partial charge on any atom is -0.478 e. The molecule has 2 aromatic rings. The molecule has 5 nitrogen and oxygen atoms in total. The predicted octanol–water partition coefficient (Wildman–Crippen LogP) is 2.40. The van der Waals surface area contributed by atoms with Crippen LogP contribution in [0.1, 0.15) is 21.6 Å². The first-order valence-electron chi connectivity index (χ1n) is 5.02. The van der Waals surface area contributed by atoms with Gasteiger partial charge >= 0.3 is 5.97 Å². The van der Waals surface area contributed by atoms with Crippen LogP contribution in [0.25, 0.3) is 5.69 Å². The Hall–Kier alpha value is -2.32. The minimum absolute atomic E-state index is 0.0962. The van der Waals surface area contributed by atoms with Gasteiger partial charge in [-0.3, -0.25) is 0 Å². The molecule has 2 rings (SSSR count). The van der Waals surface area contributed by atoms with Crippen molar-refractivity contribution < 1.29 is 9.90 Å². The van der Waals surface area contributed by atoms with Gasteiger partial charge in [0.25, 0.3) is 0 Å². The van der Waals surface area contributed by atoms with Crippen LogP contribution >= 0.6 is 11.6 Å². The fraction of sp³-hybridized carbons (Fsp3) is 0.0833. The van der Waals surface area contributed by atoms with E-state index in [1.165, 1.54) is 10.9 Å². The van der Waals surface area contributed by atoms with Crippen molar-refractivity contribution >= 4 is 17.6 Å². The summed E-state index contributed by atoms with van der Waals surface area (Å²) >= 11 is 5.87. The highest BCUT2D eigenvalue weighted by molar-refractivity contribution is 6.30. The summed E-state index contributed by atoms with van der Waals surface area (Å²) in [7, 11) is 0. The van der Waals surface area contributed by atoms with Gasteiger partial charge in [0.1, 0.15) is 11.6 Å². The standard InChI is InChI=1S/C12H8ClN3O2/c1-7-10(12(17)18)6-16(15-7)11-4-9(13)3-2-8(11)5-14/h2-4,6H,1H3,(H,17,18). The van der Waals surface area contributed by atoms with Gasteiger partial charge in [0.05, 0.1) is 16.9 Å². The molecule has 0 spiro atoms. The molecular formula is C12H8ClN3O2. The maximum Gasteiger partial charge on any atom is 0.339 e. The molecule has 0 amide bonds. The highest BCUT2D eigenvalue weighted by atomic mass is 35.5. The lowest BCUT2D eigenvalue weighted by atomic mass is 10.2. The molecule has 0 bridgehead atoms. The Balaban J connectivity index is 2.62. The molecule has 18 heavy (non-hydrogen) atoms. The van der Waals surface area contributed by atoms with Crippen LogP contribution in [0.3, 0.4) is 0 Å². The van der Waals surface area contributed by atoms with E-state index in [1.807, 2.05) is 6.07 Å². The molecule has 0 aliphatic rings. The third-order valence-electron chi connectivity index (χ3n) is 2.46. The molecule has 0 fully saturated rings. The summed E-state index contributed by atoms with van der Waals surface area (Å²) in [5.41, 5.74) is 1.31. The summed E-state index contributed by atoms with van der Waals surface area (Å²) in [6.45, 7) is 1.59. The highest BCUT2D eigenvalue weighted by Gasteiger charge is 2.14. The van der Waals surface area contributed by atoms with E-state index in [1.54, 1.807) is 25.1 Å². The number of nitrogens with zero attached hydrogens (tertiary/aromatic N) is 3. The van der Waals surface area contributed by atoms with Gasteiger partial charge in [-0.2, -0.15) is 10.4 Å². The number of benzene rings is 1. The van der Waals surface area contributed by atoms with Crippen LogP contribution in [0.4, 0.5) is 0 Å². The Bertz CT molecular complexity index is 670. The molecule has 1 aromatic heterocycles. The number of carbonyl (C=O) groups is 1. The second-order valence-electron chi connectivity index (χ2n) is 3.65. The Morgan fingerprint density at radius 1 is 1.56 bits per heavy atom. The van der Waals surface area contributed by atoms with Crippen molar-refractivity contribution in [2.45, 2.75) is 6.92 Å². The number of nitriles is 1. The molecule has 90 valence electrons. The molecule has 0 saturated carbocycles. The van der Waals surface area contributed by atoms with E-state index >= 15 is 0 Å². The summed E-state index contributed by atoms with van der Waals surface area (Å²) in [6, 6.07) is 6.74. The largest absolute Gasteiger partial charge is 0.478 e. The van der Waals surface area contributed by atoms with E-state index in [0.29, 0.717) is 22.0 Å². The third-order valence-corrected chi connectivity index (χ3v) is 2.69. The second-order valence-corrected chi connectivity index (χ2v) is 4.09. The average molecular weight is 262 g/mol. The summed E-state index contributed by atoms with van der Waals surface area (Å²) in [5.74, 6) is -1.06. The normalized spacial score (nSPS) is 10.1. The van der Waals surface area contributed by atoms with Gasteiger partial charge in [0, 0.05) is 11.2 Å². The monoisotopic (exact) mass is 261 g/mol. The maximum absolute atomic E-state index is 10.9. The number of hydrogen-bond acceptors (Lipinski definition) is 3. The first-order valence-corrected chi connectivity index (χ1v) is 5.40. The molecular weight excluding hydrogens is 254 g/mol. The molecule has 0 saturated heterocycles. The van der Waals surface area contributed by atoms with Gasteiger partial charge in [-0.15, -0.1) is 0 Å². The smallest absolute Gasteiger partial charge is 0.339 e. The molecule has 0 atom stereocenters. The Morgan fingerprint density at radius 2 is 2.28 bits per heavy atom. The number of hydrogen-bond donors (Lipinski definition) is 1. The fourth-order valence-corrected chi connectivity index (χ4v) is 1.75. The zero-order valence-electron chi connectivity index (χ0n) is 9.38. The number of rotatable bonds is 2. The van der Waals surface area contributed by atoms with Gasteiger partial charge in [0.2, 0.25) is 0 Å². The van der Waals surface area contributed by atoms with E-state index in [9.17, 15) is 4.79 Å². The quantitative estimate of drug-likeness (QED) is 0.900. The van der Waals surface area contributed by atoms with Crippen LogP contribution in [0.5, 0.6) is 0 Å². The van der Waals surface area contributed by atoms with E-state index in [0.717, 1.165) is 0 Å². The summed E-state index contributed by atoms with van der Waals surface area (Å²) in [6.07, 6.45) is 1.37. The maximum atomic E-state index is 10.9. The average Bonchev–Trinajstić information content (AvgIpc) is 2.71. The zero-order chi connectivity index (χ0) is 13.3. The van der Waals surface area contributed by atoms with E-state index in [2.05, 4.69) is 5.10 Å². The van der Waals surface area contributed by atoms with E-state index in [-0.39, 0.29) is 5.56 Å². The number of aromatic carboxylic acids is 1. The topological polar surface area (TPSA) is 78.9 Å². The Morgan fingerprint density at radius 3 is 2.83 bits per heavy atom. The predicted molar refractivity (Wildman–Crippen MR) is 65.0 cm³/mol. The highest BCUT2D eigenvalue weighted by Crippen LogP contribution is 2.20. The Labute approximate surface area is 108 Å². The number of carboxylic acids is 1. The summed E-state index contributed by atoms with van der Waals surface area (Å²) in [4.78, 5) is 10.9. The van der Waals surface area contributed by atoms with E-state index < -0.39 is 5.97 Å². The molecule has 1 N–H and O–H groups in total. The number of carboxylic acid groups (broad SMARTS) is 1. The van der Waals surface area contributed by atoms with Crippen LogP contribution in [0.15, 0.2) is 24.4 Å². The number of aromatic nitrogens is 2. The van der Waals surface area contributed by atoms with Gasteiger partial charge in [-0.05, 0) is 25.1 Å². The fourth-order valence-electron chi connectivity index (χ4n) is 1.58. The zero-order valence-corrected chi connectivity index (χ0v) is 10.1. The van der Waals surface area contributed by atoms with Crippen molar-refractivity contribution in [2.75, 3.05) is 0 Å². The number of aryl methyl sites for hydroxylation is 1. The van der Waals surface area contributed by atoms with Crippen LogP contribution in [0, 0.1) is 18.3 Å². The summed E-state index contributed by atoms with van der Waals surface area (Å²) in [5, 5.41) is 22.5. The molecule has 0 radical (unpaired) electrons. The first-order chi connectivity index (χ1) is 8.52. The second kappa shape index (κ2) is 4.51. The van der Waals surface area contributed by atoms with Crippen molar-refractivity contribution in [2.24, 2.45) is 0 Å². The molecule has 0 unspecified atom stereocenters. The van der Waals surface area contributed by atoms with Crippen LogP contribution < -0.4 is 0 Å². The van der Waals surface area contributed by atoms with Crippen molar-refractivity contribution in [3.8, 4) is 11.8 Å². The summed E-state index contributed by atoms with van der Waals surface area (Å²) < 4.78 is 1.35. The van der Waals surface area contributed by atoms with Crippen LogP contribution in [0.2, 0.25) is 5.02 Å². The lowest BCUT2D eigenvalue weighted by Crippen LogP contribution is -1.98. The van der Waals surface area contributed by atoms with Gasteiger partial charge < -0.3 is 5.11 Å². The molecule has 6 heteroatoms. The van der Waals surface area contributed by atoms with Crippen molar-refractivity contribution in [3.05, 3.63) is 46.2 Å². The van der Waals surface area contributed by atoms with Crippen molar-refractivity contribution in [1.29, 1.82) is 5.26 Å². The molecule has 1 aromatic carbocycles. The van der Waals surface area contributed by atoms with Gasteiger partial charge in [0.15, 0.2) is 0 Å². The first kappa shape index (κ1) is 12.1.